The quantitative estimate of drug-likeness (QED) is 0.650. The van der Waals surface area contributed by atoms with Crippen LogP contribution in [0.2, 0.25) is 0 Å². The van der Waals surface area contributed by atoms with Gasteiger partial charge in [0.1, 0.15) is 0 Å². The molecule has 0 amide bonds. The molecule has 23 heavy (non-hydrogen) atoms. The molecule has 0 aromatic heterocycles. The van der Waals surface area contributed by atoms with Gasteiger partial charge in [0.25, 0.3) is 0 Å². The first kappa shape index (κ1) is 17.9. The minimum absolute atomic E-state index is 0.520. The zero-order valence-corrected chi connectivity index (χ0v) is 15.1. The summed E-state index contributed by atoms with van der Waals surface area (Å²) in [6, 6.07) is 21.9. The van der Waals surface area contributed by atoms with E-state index in [4.69, 9.17) is 0 Å². The lowest BCUT2D eigenvalue weighted by atomic mass is 10.2. The first-order valence-electron chi connectivity index (χ1n) is 8.41. The lowest BCUT2D eigenvalue weighted by Crippen LogP contribution is -2.37. The monoisotopic (exact) mass is 328 g/mol. The van der Waals surface area contributed by atoms with Crippen molar-refractivity contribution in [1.82, 2.24) is 5.32 Å². The summed E-state index contributed by atoms with van der Waals surface area (Å²) in [5, 5.41) is 3.56. The van der Waals surface area contributed by atoms with Gasteiger partial charge in [0.15, 0.2) is 0 Å². The molecule has 0 radical (unpaired) electrons. The highest BCUT2D eigenvalue weighted by Crippen LogP contribution is 2.15. The molecule has 1 N–H and O–H groups in total. The van der Waals surface area contributed by atoms with E-state index in [0.717, 1.165) is 31.1 Å². The molecule has 0 fully saturated rings. The first-order valence-corrected chi connectivity index (χ1v) is 9.57. The number of hydrogen-bond acceptors (Lipinski definition) is 3. The van der Waals surface area contributed by atoms with E-state index in [0.29, 0.717) is 6.04 Å². The molecule has 0 spiro atoms. The van der Waals surface area contributed by atoms with Crippen molar-refractivity contribution < 1.29 is 0 Å². The van der Waals surface area contributed by atoms with Crippen molar-refractivity contribution in [3.8, 4) is 0 Å². The van der Waals surface area contributed by atoms with E-state index in [2.05, 4.69) is 84.7 Å². The van der Waals surface area contributed by atoms with Crippen LogP contribution < -0.4 is 10.2 Å². The fourth-order valence-electron chi connectivity index (χ4n) is 2.54. The van der Waals surface area contributed by atoms with Gasteiger partial charge in [0, 0.05) is 42.9 Å². The molecule has 0 unspecified atom stereocenters. The summed E-state index contributed by atoms with van der Waals surface area (Å²) in [5.41, 5.74) is 2.72. The molecule has 3 heteroatoms. The highest BCUT2D eigenvalue weighted by Gasteiger charge is 2.09. The van der Waals surface area contributed by atoms with E-state index >= 15 is 0 Å². The van der Waals surface area contributed by atoms with Crippen LogP contribution in [0.5, 0.6) is 0 Å². The van der Waals surface area contributed by atoms with Crippen LogP contribution >= 0.6 is 11.8 Å². The minimum atomic E-state index is 0.520. The Hall–Kier alpha value is -1.45. The highest BCUT2D eigenvalue weighted by molar-refractivity contribution is 7.98. The summed E-state index contributed by atoms with van der Waals surface area (Å²) < 4.78 is 0. The maximum absolute atomic E-state index is 3.56. The zero-order chi connectivity index (χ0) is 16.3. The molecular weight excluding hydrogens is 300 g/mol. The maximum atomic E-state index is 3.56. The van der Waals surface area contributed by atoms with Crippen molar-refractivity contribution in [1.29, 1.82) is 0 Å². The van der Waals surface area contributed by atoms with Crippen LogP contribution in [0.15, 0.2) is 60.7 Å². The van der Waals surface area contributed by atoms with Gasteiger partial charge >= 0.3 is 0 Å². The molecule has 2 aromatic carbocycles. The Bertz CT molecular complexity index is 528. The average molecular weight is 329 g/mol. The molecule has 0 saturated heterocycles. The van der Waals surface area contributed by atoms with Crippen LogP contribution in [0.25, 0.3) is 0 Å². The molecule has 0 bridgehead atoms. The van der Waals surface area contributed by atoms with Crippen LogP contribution in [0.3, 0.4) is 0 Å². The van der Waals surface area contributed by atoms with Gasteiger partial charge in [0.2, 0.25) is 0 Å². The number of benzene rings is 2. The molecule has 0 saturated carbocycles. The zero-order valence-electron chi connectivity index (χ0n) is 14.2. The van der Waals surface area contributed by atoms with Gasteiger partial charge in [-0.1, -0.05) is 48.5 Å². The van der Waals surface area contributed by atoms with Crippen molar-refractivity contribution in [2.45, 2.75) is 25.6 Å². The Morgan fingerprint density at radius 1 is 0.913 bits per heavy atom. The van der Waals surface area contributed by atoms with Crippen LogP contribution in [-0.2, 0) is 5.75 Å². The van der Waals surface area contributed by atoms with Crippen molar-refractivity contribution in [3.63, 3.8) is 0 Å². The predicted octanol–water partition coefficient (Wildman–Crippen LogP) is 4.42. The van der Waals surface area contributed by atoms with E-state index in [-0.39, 0.29) is 0 Å². The first-order chi connectivity index (χ1) is 11.3. The molecule has 0 atom stereocenters. The minimum Gasteiger partial charge on any atom is -0.368 e. The summed E-state index contributed by atoms with van der Waals surface area (Å²) >= 11 is 1.99. The number of thioether (sulfide) groups is 1. The molecule has 0 aliphatic carbocycles. The second kappa shape index (κ2) is 10.3. The van der Waals surface area contributed by atoms with Crippen LogP contribution in [0, 0.1) is 0 Å². The fourth-order valence-corrected chi connectivity index (χ4v) is 3.40. The van der Waals surface area contributed by atoms with Gasteiger partial charge < -0.3 is 10.2 Å². The van der Waals surface area contributed by atoms with Crippen LogP contribution in [0.1, 0.15) is 19.4 Å². The summed E-state index contributed by atoms with van der Waals surface area (Å²) in [4.78, 5) is 2.45. The Kier molecular flexibility index (Phi) is 8.05. The smallest absolute Gasteiger partial charge is 0.0368 e. The lowest BCUT2D eigenvalue weighted by molar-refractivity contribution is 0.634. The number of anilines is 1. The standard InChI is InChI=1S/C20H28N2S/c1-18(2)22(20-11-7-4-8-12-20)15-13-21-14-16-23-17-19-9-5-3-6-10-19/h3-12,18,21H,13-17H2,1-2H3. The van der Waals surface area contributed by atoms with Gasteiger partial charge in [-0.3, -0.25) is 0 Å². The summed E-state index contributed by atoms with van der Waals surface area (Å²) in [5.74, 6) is 2.26. The third-order valence-corrected chi connectivity index (χ3v) is 4.81. The fraction of sp³-hybridized carbons (Fsp3) is 0.400. The van der Waals surface area contributed by atoms with Gasteiger partial charge in [-0.15, -0.1) is 0 Å². The third kappa shape index (κ3) is 6.67. The normalized spacial score (nSPS) is 10.9. The average Bonchev–Trinajstić information content (AvgIpc) is 2.58. The number of para-hydroxylation sites is 1. The largest absolute Gasteiger partial charge is 0.368 e. The lowest BCUT2D eigenvalue weighted by Gasteiger charge is -2.29. The summed E-state index contributed by atoms with van der Waals surface area (Å²) in [7, 11) is 0. The molecule has 2 rings (SSSR count). The van der Waals surface area contributed by atoms with Gasteiger partial charge in [-0.05, 0) is 31.5 Å². The highest BCUT2D eigenvalue weighted by atomic mass is 32.2. The van der Waals surface area contributed by atoms with E-state index < -0.39 is 0 Å². The summed E-state index contributed by atoms with van der Waals surface area (Å²) in [6.45, 7) is 7.65. The molecule has 124 valence electrons. The Morgan fingerprint density at radius 2 is 1.57 bits per heavy atom. The Balaban J connectivity index is 1.60. The molecule has 2 aromatic rings. The number of hydrogen-bond donors (Lipinski definition) is 1. The second-order valence-corrected chi connectivity index (χ2v) is 7.02. The van der Waals surface area contributed by atoms with Gasteiger partial charge in [-0.25, -0.2) is 0 Å². The van der Waals surface area contributed by atoms with Crippen molar-refractivity contribution in [2.75, 3.05) is 30.3 Å². The number of nitrogens with one attached hydrogen (secondary N) is 1. The van der Waals surface area contributed by atoms with Gasteiger partial charge in [0.05, 0.1) is 0 Å². The SMILES string of the molecule is CC(C)N(CCNCCSCc1ccccc1)c1ccccc1. The van der Waals surface area contributed by atoms with E-state index in [1.807, 2.05) is 11.8 Å². The van der Waals surface area contributed by atoms with Crippen LogP contribution in [0.4, 0.5) is 5.69 Å². The third-order valence-electron chi connectivity index (χ3n) is 3.78. The number of nitrogens with zero attached hydrogens (tertiary/aromatic N) is 1. The predicted molar refractivity (Wildman–Crippen MR) is 104 cm³/mol. The van der Waals surface area contributed by atoms with Crippen molar-refractivity contribution in [2.24, 2.45) is 0 Å². The Labute approximate surface area is 145 Å². The Morgan fingerprint density at radius 3 is 2.22 bits per heavy atom. The van der Waals surface area contributed by atoms with Crippen molar-refractivity contribution in [3.05, 3.63) is 66.2 Å². The molecular formula is C20H28N2S. The molecule has 0 aliphatic heterocycles. The topological polar surface area (TPSA) is 15.3 Å². The van der Waals surface area contributed by atoms with E-state index in [1.165, 1.54) is 11.3 Å². The van der Waals surface area contributed by atoms with E-state index in [1.54, 1.807) is 0 Å². The van der Waals surface area contributed by atoms with E-state index in [9.17, 15) is 0 Å². The molecule has 0 heterocycles. The second-order valence-electron chi connectivity index (χ2n) is 5.91. The number of rotatable bonds is 10. The van der Waals surface area contributed by atoms with Crippen LogP contribution in [-0.4, -0.2) is 31.4 Å². The van der Waals surface area contributed by atoms with Gasteiger partial charge in [-0.2, -0.15) is 11.8 Å². The molecule has 2 nitrogen and oxygen atoms in total. The summed E-state index contributed by atoms with van der Waals surface area (Å²) in [6.07, 6.45) is 0. The van der Waals surface area contributed by atoms with Crippen molar-refractivity contribution >= 4 is 17.4 Å². The molecule has 0 aliphatic rings. The maximum Gasteiger partial charge on any atom is 0.0368 e.